The number of hydrogen-bond donors (Lipinski definition) is 1. The lowest BCUT2D eigenvalue weighted by atomic mass is 9.77. The second kappa shape index (κ2) is 6.52. The Morgan fingerprint density at radius 2 is 2.05 bits per heavy atom. The van der Waals surface area contributed by atoms with Crippen molar-refractivity contribution in [2.75, 3.05) is 13.1 Å². The predicted molar refractivity (Wildman–Crippen MR) is 76.3 cm³/mol. The third-order valence-electron chi connectivity index (χ3n) is 4.42. The summed E-state index contributed by atoms with van der Waals surface area (Å²) in [6.07, 6.45) is -0.272. The zero-order chi connectivity index (χ0) is 15.5. The van der Waals surface area contributed by atoms with E-state index in [1.165, 1.54) is 12.1 Å². The van der Waals surface area contributed by atoms with Gasteiger partial charge >= 0.3 is 5.97 Å². The molecular weight excluding hydrogens is 276 g/mol. The number of rotatable bonds is 5. The van der Waals surface area contributed by atoms with Crippen LogP contribution in [0.25, 0.3) is 0 Å². The highest BCUT2D eigenvalue weighted by Gasteiger charge is 2.40. The SMILES string of the molecule is CCC1(C(=O)O)CCCN(Cc2ccc(C(F)F)cc2)C1. The standard InChI is InChI=1S/C16H21F2NO2/c1-2-16(15(20)21)8-3-9-19(11-16)10-12-4-6-13(7-5-12)14(17)18/h4-7,14H,2-3,8-11H2,1H3,(H,20,21). The molecule has 1 atom stereocenters. The van der Waals surface area contributed by atoms with E-state index in [-0.39, 0.29) is 5.56 Å². The first-order chi connectivity index (χ1) is 9.97. The maximum absolute atomic E-state index is 12.5. The van der Waals surface area contributed by atoms with Gasteiger partial charge in [-0.25, -0.2) is 8.78 Å². The highest BCUT2D eigenvalue weighted by Crippen LogP contribution is 2.34. The Bertz CT molecular complexity index is 490. The van der Waals surface area contributed by atoms with Crippen molar-refractivity contribution < 1.29 is 18.7 Å². The number of piperidine rings is 1. The summed E-state index contributed by atoms with van der Waals surface area (Å²) >= 11 is 0. The summed E-state index contributed by atoms with van der Waals surface area (Å²) in [6, 6.07) is 6.28. The molecule has 0 amide bonds. The van der Waals surface area contributed by atoms with Crippen LogP contribution in [0.2, 0.25) is 0 Å². The Balaban J connectivity index is 2.04. The van der Waals surface area contributed by atoms with Gasteiger partial charge in [-0.3, -0.25) is 9.69 Å². The molecule has 1 unspecified atom stereocenters. The number of carbonyl (C=O) groups is 1. The maximum Gasteiger partial charge on any atom is 0.310 e. The first-order valence-electron chi connectivity index (χ1n) is 7.29. The van der Waals surface area contributed by atoms with E-state index in [9.17, 15) is 18.7 Å². The predicted octanol–water partition coefficient (Wildman–Crippen LogP) is 3.70. The fourth-order valence-electron chi connectivity index (χ4n) is 3.00. The number of nitrogens with zero attached hydrogens (tertiary/aromatic N) is 1. The Labute approximate surface area is 123 Å². The molecule has 0 radical (unpaired) electrons. The molecule has 2 rings (SSSR count). The van der Waals surface area contributed by atoms with Gasteiger partial charge in [0.15, 0.2) is 0 Å². The van der Waals surface area contributed by atoms with Gasteiger partial charge in [-0.05, 0) is 31.4 Å². The molecule has 0 aliphatic carbocycles. The fraction of sp³-hybridized carbons (Fsp3) is 0.562. The minimum Gasteiger partial charge on any atom is -0.481 e. The van der Waals surface area contributed by atoms with Crippen LogP contribution >= 0.6 is 0 Å². The van der Waals surface area contributed by atoms with E-state index in [0.717, 1.165) is 18.5 Å². The van der Waals surface area contributed by atoms with Crippen LogP contribution in [-0.2, 0) is 11.3 Å². The van der Waals surface area contributed by atoms with Gasteiger partial charge < -0.3 is 5.11 Å². The van der Waals surface area contributed by atoms with E-state index in [1.807, 2.05) is 6.92 Å². The molecule has 0 spiro atoms. The molecule has 3 nitrogen and oxygen atoms in total. The van der Waals surface area contributed by atoms with Gasteiger partial charge in [0.05, 0.1) is 5.41 Å². The number of carboxylic acid groups (broad SMARTS) is 1. The number of hydrogen-bond acceptors (Lipinski definition) is 2. The topological polar surface area (TPSA) is 40.5 Å². The summed E-state index contributed by atoms with van der Waals surface area (Å²) in [5, 5.41) is 9.46. The minimum absolute atomic E-state index is 0.0193. The summed E-state index contributed by atoms with van der Waals surface area (Å²) in [4.78, 5) is 13.6. The second-order valence-electron chi connectivity index (χ2n) is 5.80. The van der Waals surface area contributed by atoms with Crippen molar-refractivity contribution in [3.05, 3.63) is 35.4 Å². The number of likely N-dealkylation sites (tertiary alicyclic amines) is 1. The van der Waals surface area contributed by atoms with Crippen molar-refractivity contribution in [1.29, 1.82) is 0 Å². The molecule has 0 aromatic heterocycles. The van der Waals surface area contributed by atoms with Crippen molar-refractivity contribution in [3.63, 3.8) is 0 Å². The molecule has 1 aromatic carbocycles. The molecule has 1 heterocycles. The van der Waals surface area contributed by atoms with Crippen LogP contribution in [0.3, 0.4) is 0 Å². The van der Waals surface area contributed by atoms with Crippen molar-refractivity contribution >= 4 is 5.97 Å². The van der Waals surface area contributed by atoms with Gasteiger partial charge in [0, 0.05) is 18.7 Å². The van der Waals surface area contributed by atoms with Crippen LogP contribution in [0.1, 0.15) is 43.7 Å². The summed E-state index contributed by atoms with van der Waals surface area (Å²) in [6.45, 7) is 3.90. The smallest absolute Gasteiger partial charge is 0.310 e. The van der Waals surface area contributed by atoms with E-state index in [0.29, 0.717) is 25.9 Å². The summed E-state index contributed by atoms with van der Waals surface area (Å²) < 4.78 is 25.0. The molecule has 21 heavy (non-hydrogen) atoms. The first-order valence-corrected chi connectivity index (χ1v) is 7.29. The van der Waals surface area contributed by atoms with Gasteiger partial charge in [-0.1, -0.05) is 31.2 Å². The van der Waals surface area contributed by atoms with Crippen molar-refractivity contribution in [3.8, 4) is 0 Å². The van der Waals surface area contributed by atoms with Crippen LogP contribution < -0.4 is 0 Å². The van der Waals surface area contributed by atoms with Crippen molar-refractivity contribution in [2.45, 2.75) is 39.2 Å². The Hall–Kier alpha value is -1.49. The highest BCUT2D eigenvalue weighted by molar-refractivity contribution is 5.75. The zero-order valence-electron chi connectivity index (χ0n) is 12.2. The van der Waals surface area contributed by atoms with Crippen molar-refractivity contribution in [2.24, 2.45) is 5.41 Å². The molecule has 1 aliphatic heterocycles. The average Bonchev–Trinajstić information content (AvgIpc) is 2.47. The molecule has 1 fully saturated rings. The molecule has 0 saturated carbocycles. The Morgan fingerprint density at radius 1 is 1.38 bits per heavy atom. The minimum atomic E-state index is -2.45. The third kappa shape index (κ3) is 3.59. The number of benzene rings is 1. The first kappa shape index (κ1) is 15.9. The van der Waals surface area contributed by atoms with Gasteiger partial charge in [-0.15, -0.1) is 0 Å². The molecule has 5 heteroatoms. The number of alkyl halides is 2. The number of halogens is 2. The van der Waals surface area contributed by atoms with E-state index in [1.54, 1.807) is 12.1 Å². The molecule has 1 aliphatic rings. The maximum atomic E-state index is 12.5. The van der Waals surface area contributed by atoms with E-state index in [4.69, 9.17) is 0 Å². The average molecular weight is 297 g/mol. The summed E-state index contributed by atoms with van der Waals surface area (Å²) in [7, 11) is 0. The number of aliphatic carboxylic acids is 1. The fourth-order valence-corrected chi connectivity index (χ4v) is 3.00. The normalized spacial score (nSPS) is 23.4. The van der Waals surface area contributed by atoms with Gasteiger partial charge in [0.1, 0.15) is 0 Å². The number of carboxylic acids is 1. The monoisotopic (exact) mass is 297 g/mol. The van der Waals surface area contributed by atoms with Crippen LogP contribution in [0.5, 0.6) is 0 Å². The highest BCUT2D eigenvalue weighted by atomic mass is 19.3. The van der Waals surface area contributed by atoms with Crippen LogP contribution in [0.4, 0.5) is 8.78 Å². The van der Waals surface area contributed by atoms with Gasteiger partial charge in [0.25, 0.3) is 6.43 Å². The van der Waals surface area contributed by atoms with Crippen LogP contribution in [0.15, 0.2) is 24.3 Å². The quantitative estimate of drug-likeness (QED) is 0.901. The lowest BCUT2D eigenvalue weighted by molar-refractivity contribution is -0.153. The zero-order valence-corrected chi connectivity index (χ0v) is 12.2. The molecule has 1 aromatic rings. The summed E-state index contributed by atoms with van der Waals surface area (Å²) in [5.74, 6) is -0.734. The molecule has 116 valence electrons. The Kier molecular flexibility index (Phi) is 4.93. The van der Waals surface area contributed by atoms with Crippen LogP contribution in [0, 0.1) is 5.41 Å². The molecular formula is C16H21F2NO2. The van der Waals surface area contributed by atoms with E-state index in [2.05, 4.69) is 4.90 Å². The molecule has 1 saturated heterocycles. The second-order valence-corrected chi connectivity index (χ2v) is 5.80. The van der Waals surface area contributed by atoms with Crippen molar-refractivity contribution in [1.82, 2.24) is 4.90 Å². The van der Waals surface area contributed by atoms with Gasteiger partial charge in [0.2, 0.25) is 0 Å². The lowest BCUT2D eigenvalue weighted by Gasteiger charge is -2.39. The molecule has 1 N–H and O–H groups in total. The van der Waals surface area contributed by atoms with Gasteiger partial charge in [-0.2, -0.15) is 0 Å². The Morgan fingerprint density at radius 3 is 2.57 bits per heavy atom. The van der Waals surface area contributed by atoms with Crippen LogP contribution in [-0.4, -0.2) is 29.1 Å². The van der Waals surface area contributed by atoms with E-state index < -0.39 is 17.8 Å². The summed E-state index contributed by atoms with van der Waals surface area (Å²) in [5.41, 5.74) is 0.295. The van der Waals surface area contributed by atoms with E-state index >= 15 is 0 Å². The largest absolute Gasteiger partial charge is 0.481 e. The molecule has 0 bridgehead atoms. The lowest BCUT2D eigenvalue weighted by Crippen LogP contribution is -2.47. The third-order valence-corrected chi connectivity index (χ3v) is 4.42.